The molecule has 1 aliphatic rings. The zero-order valence-electron chi connectivity index (χ0n) is 14.1. The van der Waals surface area contributed by atoms with Crippen LogP contribution in [0.5, 0.6) is 11.5 Å². The van der Waals surface area contributed by atoms with Gasteiger partial charge in [0.15, 0.2) is 17.6 Å². The van der Waals surface area contributed by atoms with Crippen molar-refractivity contribution >= 4 is 17.6 Å². The maximum atomic E-state index is 12.3. The molecular formula is C17H18N2O6. The number of esters is 1. The van der Waals surface area contributed by atoms with E-state index in [2.05, 4.69) is 10.5 Å². The lowest BCUT2D eigenvalue weighted by Gasteiger charge is -2.13. The molecular weight excluding hydrogens is 328 g/mol. The number of rotatable bonds is 5. The highest BCUT2D eigenvalue weighted by Gasteiger charge is 2.25. The molecule has 132 valence electrons. The first kappa shape index (κ1) is 16.8. The lowest BCUT2D eigenvalue weighted by atomic mass is 10.1. The third kappa shape index (κ3) is 3.42. The SMILES string of the molecule is CCc1noc(C)c1C(=O)O[C@H](C)C(=O)Nc1ccc2c(c1)OCO2. The van der Waals surface area contributed by atoms with Crippen LogP contribution in [0.4, 0.5) is 5.69 Å². The van der Waals surface area contributed by atoms with Gasteiger partial charge in [-0.3, -0.25) is 4.79 Å². The Morgan fingerprint density at radius 2 is 2.08 bits per heavy atom. The molecule has 0 saturated carbocycles. The average molecular weight is 346 g/mol. The second-order valence-electron chi connectivity index (χ2n) is 5.52. The highest BCUT2D eigenvalue weighted by Crippen LogP contribution is 2.34. The summed E-state index contributed by atoms with van der Waals surface area (Å²) >= 11 is 0. The van der Waals surface area contributed by atoms with Crippen molar-refractivity contribution in [3.05, 3.63) is 35.2 Å². The van der Waals surface area contributed by atoms with E-state index in [1.807, 2.05) is 6.92 Å². The smallest absolute Gasteiger partial charge is 0.344 e. The van der Waals surface area contributed by atoms with Crippen molar-refractivity contribution in [1.29, 1.82) is 0 Å². The van der Waals surface area contributed by atoms with Crippen LogP contribution in [0.2, 0.25) is 0 Å². The zero-order valence-corrected chi connectivity index (χ0v) is 14.1. The quantitative estimate of drug-likeness (QED) is 0.830. The lowest BCUT2D eigenvalue weighted by molar-refractivity contribution is -0.123. The molecule has 8 heteroatoms. The molecule has 0 saturated heterocycles. The van der Waals surface area contributed by atoms with Crippen molar-refractivity contribution in [2.75, 3.05) is 12.1 Å². The first-order valence-corrected chi connectivity index (χ1v) is 7.86. The molecule has 8 nitrogen and oxygen atoms in total. The predicted octanol–water partition coefficient (Wildman–Crippen LogP) is 2.46. The molecule has 1 atom stereocenters. The van der Waals surface area contributed by atoms with Crippen LogP contribution in [0.25, 0.3) is 0 Å². The molecule has 0 bridgehead atoms. The molecule has 2 aromatic rings. The van der Waals surface area contributed by atoms with Crippen LogP contribution >= 0.6 is 0 Å². The molecule has 25 heavy (non-hydrogen) atoms. The van der Waals surface area contributed by atoms with Crippen molar-refractivity contribution < 1.29 is 28.3 Å². The van der Waals surface area contributed by atoms with Crippen molar-refractivity contribution in [1.82, 2.24) is 5.16 Å². The molecule has 1 aromatic carbocycles. The summed E-state index contributed by atoms with van der Waals surface area (Å²) < 4.78 is 20.7. The number of anilines is 1. The number of nitrogens with one attached hydrogen (secondary N) is 1. The van der Waals surface area contributed by atoms with E-state index in [9.17, 15) is 9.59 Å². The number of carbonyl (C=O) groups excluding carboxylic acids is 2. The number of fused-ring (bicyclic) bond motifs is 1. The average Bonchev–Trinajstić information content (AvgIpc) is 3.20. The van der Waals surface area contributed by atoms with Gasteiger partial charge < -0.3 is 24.1 Å². The summed E-state index contributed by atoms with van der Waals surface area (Å²) in [6.45, 7) is 5.12. The minimum Gasteiger partial charge on any atom is -0.454 e. The summed E-state index contributed by atoms with van der Waals surface area (Å²) in [5, 5.41) is 6.48. The number of aryl methyl sites for hydroxylation is 2. The van der Waals surface area contributed by atoms with Crippen molar-refractivity contribution in [3.63, 3.8) is 0 Å². The number of nitrogens with zero attached hydrogens (tertiary/aromatic N) is 1. The fourth-order valence-corrected chi connectivity index (χ4v) is 2.41. The van der Waals surface area contributed by atoms with Gasteiger partial charge in [-0.25, -0.2) is 4.79 Å². The number of aromatic nitrogens is 1. The molecule has 0 spiro atoms. The third-order valence-corrected chi connectivity index (χ3v) is 3.77. The monoisotopic (exact) mass is 346 g/mol. The van der Waals surface area contributed by atoms with E-state index in [1.165, 1.54) is 6.92 Å². The minimum atomic E-state index is -0.989. The van der Waals surface area contributed by atoms with Crippen molar-refractivity contribution in [3.8, 4) is 11.5 Å². The third-order valence-electron chi connectivity index (χ3n) is 3.77. The second kappa shape index (κ2) is 6.84. The van der Waals surface area contributed by atoms with E-state index in [0.29, 0.717) is 35.1 Å². The van der Waals surface area contributed by atoms with Crippen LogP contribution in [0.15, 0.2) is 22.7 Å². The first-order chi connectivity index (χ1) is 12.0. The summed E-state index contributed by atoms with van der Waals surface area (Å²) in [7, 11) is 0. The van der Waals surface area contributed by atoms with E-state index in [4.69, 9.17) is 18.7 Å². The Bertz CT molecular complexity index is 813. The van der Waals surface area contributed by atoms with E-state index < -0.39 is 18.0 Å². The Labute approximate surface area is 144 Å². The molecule has 1 N–H and O–H groups in total. The van der Waals surface area contributed by atoms with Gasteiger partial charge in [0.25, 0.3) is 5.91 Å². The van der Waals surface area contributed by atoms with Gasteiger partial charge in [-0.1, -0.05) is 12.1 Å². The maximum absolute atomic E-state index is 12.3. The van der Waals surface area contributed by atoms with Gasteiger partial charge in [-0.05, 0) is 32.4 Å². The van der Waals surface area contributed by atoms with Gasteiger partial charge >= 0.3 is 5.97 Å². The van der Waals surface area contributed by atoms with Gasteiger partial charge in [0, 0.05) is 11.8 Å². The summed E-state index contributed by atoms with van der Waals surface area (Å²) in [5.74, 6) is 0.441. The Morgan fingerprint density at radius 3 is 2.84 bits per heavy atom. The molecule has 0 aliphatic carbocycles. The Balaban J connectivity index is 1.64. The summed E-state index contributed by atoms with van der Waals surface area (Å²) in [4.78, 5) is 24.5. The fourth-order valence-electron chi connectivity index (χ4n) is 2.41. The predicted molar refractivity (Wildman–Crippen MR) is 86.7 cm³/mol. The lowest BCUT2D eigenvalue weighted by Crippen LogP contribution is -2.30. The standard InChI is InChI=1S/C17H18N2O6/c1-4-12-15(9(2)25-19-12)17(21)24-10(3)16(20)18-11-5-6-13-14(7-11)23-8-22-13/h5-7,10H,4,8H2,1-3H3,(H,18,20)/t10-/m1/s1. The molecule has 1 aromatic heterocycles. The van der Waals surface area contributed by atoms with E-state index in [1.54, 1.807) is 25.1 Å². The molecule has 3 rings (SSSR count). The Hall–Kier alpha value is -3.03. The molecule has 1 aliphatic heterocycles. The topological polar surface area (TPSA) is 99.9 Å². The van der Waals surface area contributed by atoms with E-state index >= 15 is 0 Å². The first-order valence-electron chi connectivity index (χ1n) is 7.86. The van der Waals surface area contributed by atoms with Crippen LogP contribution in [-0.2, 0) is 16.0 Å². The maximum Gasteiger partial charge on any atom is 0.344 e. The molecule has 2 heterocycles. The molecule has 1 amide bonds. The van der Waals surface area contributed by atoms with Crippen LogP contribution in [0.3, 0.4) is 0 Å². The number of hydrogen-bond donors (Lipinski definition) is 1. The Morgan fingerprint density at radius 1 is 1.32 bits per heavy atom. The zero-order chi connectivity index (χ0) is 18.0. The second-order valence-corrected chi connectivity index (χ2v) is 5.52. The molecule has 0 fully saturated rings. The Kier molecular flexibility index (Phi) is 4.60. The summed E-state index contributed by atoms with van der Waals surface area (Å²) in [6, 6.07) is 5.02. The van der Waals surface area contributed by atoms with E-state index in [0.717, 1.165) is 0 Å². The van der Waals surface area contributed by atoms with Crippen LogP contribution in [-0.4, -0.2) is 29.9 Å². The van der Waals surface area contributed by atoms with Gasteiger partial charge in [-0.15, -0.1) is 0 Å². The van der Waals surface area contributed by atoms with Crippen LogP contribution in [0.1, 0.15) is 35.7 Å². The number of amides is 1. The van der Waals surface area contributed by atoms with Crippen molar-refractivity contribution in [2.24, 2.45) is 0 Å². The normalized spacial score (nSPS) is 13.4. The fraction of sp³-hybridized carbons (Fsp3) is 0.353. The number of benzene rings is 1. The highest BCUT2D eigenvalue weighted by atomic mass is 16.7. The largest absolute Gasteiger partial charge is 0.454 e. The minimum absolute atomic E-state index is 0.151. The van der Waals surface area contributed by atoms with Gasteiger partial charge in [0.1, 0.15) is 11.3 Å². The summed E-state index contributed by atoms with van der Waals surface area (Å²) in [6.07, 6.45) is -0.462. The van der Waals surface area contributed by atoms with Gasteiger partial charge in [-0.2, -0.15) is 0 Å². The van der Waals surface area contributed by atoms with E-state index in [-0.39, 0.29) is 12.4 Å². The van der Waals surface area contributed by atoms with Gasteiger partial charge in [0.2, 0.25) is 6.79 Å². The number of ether oxygens (including phenoxy) is 3. The number of hydrogen-bond acceptors (Lipinski definition) is 7. The summed E-state index contributed by atoms with van der Waals surface area (Å²) in [5.41, 5.74) is 1.30. The van der Waals surface area contributed by atoms with Crippen LogP contribution in [0, 0.1) is 6.92 Å². The van der Waals surface area contributed by atoms with Gasteiger partial charge in [0.05, 0.1) is 5.69 Å². The molecule has 0 unspecified atom stereocenters. The highest BCUT2D eigenvalue weighted by molar-refractivity contribution is 5.98. The number of carbonyl (C=O) groups is 2. The van der Waals surface area contributed by atoms with Crippen molar-refractivity contribution in [2.45, 2.75) is 33.3 Å². The van der Waals surface area contributed by atoms with Crippen LogP contribution < -0.4 is 14.8 Å². The molecule has 0 radical (unpaired) electrons.